The Kier molecular flexibility index (Phi) is 19.2. The van der Waals surface area contributed by atoms with Crippen LogP contribution >= 0.6 is 0 Å². The van der Waals surface area contributed by atoms with Crippen LogP contribution in [0.15, 0.2) is 0 Å². The second-order valence-electron chi connectivity index (χ2n) is 14.8. The lowest BCUT2D eigenvalue weighted by Gasteiger charge is -2.38. The topological polar surface area (TPSA) is 63.6 Å². The molecule has 0 aromatic rings. The zero-order valence-electron chi connectivity index (χ0n) is 27.7. The molecule has 1 aliphatic carbocycles. The summed E-state index contributed by atoms with van der Waals surface area (Å²) < 4.78 is 6.17. The predicted octanol–water partition coefficient (Wildman–Crippen LogP) is 11.3. The van der Waals surface area contributed by atoms with Gasteiger partial charge in [-0.05, 0) is 63.2 Å². The van der Waals surface area contributed by atoms with E-state index in [1.807, 2.05) is 6.92 Å². The molecule has 0 aliphatic heterocycles. The van der Waals surface area contributed by atoms with Crippen molar-refractivity contribution in [3.63, 3.8) is 0 Å². The highest BCUT2D eigenvalue weighted by Gasteiger charge is 2.48. The van der Waals surface area contributed by atoms with Gasteiger partial charge in [0.2, 0.25) is 0 Å². The van der Waals surface area contributed by atoms with E-state index >= 15 is 0 Å². The van der Waals surface area contributed by atoms with Crippen LogP contribution in [0.2, 0.25) is 0 Å². The maximum absolute atomic E-state index is 13.4. The van der Waals surface area contributed by atoms with Crippen LogP contribution in [-0.2, 0) is 14.3 Å². The summed E-state index contributed by atoms with van der Waals surface area (Å²) in [5.74, 6) is -1.16. The number of hydrogen-bond acceptors (Lipinski definition) is 3. The fourth-order valence-electron chi connectivity index (χ4n) is 6.88. The summed E-state index contributed by atoms with van der Waals surface area (Å²) in [4.78, 5) is 25.3. The van der Waals surface area contributed by atoms with Gasteiger partial charge in [0.25, 0.3) is 0 Å². The molecule has 0 spiro atoms. The molecule has 40 heavy (non-hydrogen) atoms. The molecule has 4 heteroatoms. The smallest absolute Gasteiger partial charge is 0.312 e. The van der Waals surface area contributed by atoms with Crippen molar-refractivity contribution in [1.82, 2.24) is 0 Å². The number of esters is 1. The van der Waals surface area contributed by atoms with Gasteiger partial charge >= 0.3 is 11.9 Å². The van der Waals surface area contributed by atoms with Crippen LogP contribution in [0.1, 0.15) is 189 Å². The molecular formula is C36H68O4. The van der Waals surface area contributed by atoms with E-state index in [0.717, 1.165) is 44.9 Å². The van der Waals surface area contributed by atoms with Gasteiger partial charge in [0, 0.05) is 0 Å². The molecule has 0 saturated heterocycles. The number of unbranched alkanes of at least 4 members (excludes halogenated alkanes) is 14. The molecule has 4 atom stereocenters. The monoisotopic (exact) mass is 565 g/mol. The van der Waals surface area contributed by atoms with Crippen LogP contribution in [0.3, 0.4) is 0 Å². The van der Waals surface area contributed by atoms with Crippen LogP contribution in [-0.4, -0.2) is 23.1 Å². The number of carbonyl (C=O) groups excluding carboxylic acids is 1. The van der Waals surface area contributed by atoms with Gasteiger partial charge in [-0.2, -0.15) is 0 Å². The molecule has 1 fully saturated rings. The Balaban J connectivity index is 2.39. The predicted molar refractivity (Wildman–Crippen MR) is 170 cm³/mol. The molecule has 4 unspecified atom stereocenters. The second kappa shape index (κ2) is 20.8. The Morgan fingerprint density at radius 2 is 1.30 bits per heavy atom. The average Bonchev–Trinajstić information content (AvgIpc) is 2.88. The molecule has 4 nitrogen and oxygen atoms in total. The first-order chi connectivity index (χ1) is 19.0. The summed E-state index contributed by atoms with van der Waals surface area (Å²) >= 11 is 0. The number of carboxylic acids is 1. The van der Waals surface area contributed by atoms with Gasteiger partial charge < -0.3 is 9.84 Å². The molecular weight excluding hydrogens is 496 g/mol. The first-order valence-electron chi connectivity index (χ1n) is 17.4. The van der Waals surface area contributed by atoms with Crippen LogP contribution in [0.5, 0.6) is 0 Å². The summed E-state index contributed by atoms with van der Waals surface area (Å²) in [6, 6.07) is 0. The summed E-state index contributed by atoms with van der Waals surface area (Å²) in [6.07, 6.45) is 27.0. The molecule has 0 aromatic heterocycles. The van der Waals surface area contributed by atoms with E-state index in [4.69, 9.17) is 4.74 Å². The summed E-state index contributed by atoms with van der Waals surface area (Å²) in [6.45, 7) is 13.3. The number of carboxylic acid groups (broad SMARTS) is 1. The van der Waals surface area contributed by atoms with Crippen molar-refractivity contribution in [2.24, 2.45) is 22.7 Å². The third kappa shape index (κ3) is 16.4. The molecule has 1 saturated carbocycles. The number of carbonyl (C=O) groups is 2. The lowest BCUT2D eigenvalue weighted by Crippen LogP contribution is -2.44. The van der Waals surface area contributed by atoms with Gasteiger partial charge in [0.15, 0.2) is 0 Å². The minimum absolute atomic E-state index is 0.0925. The summed E-state index contributed by atoms with van der Waals surface area (Å²) in [5.41, 5.74) is -0.599. The fraction of sp³-hybridized carbons (Fsp3) is 0.944. The molecule has 0 amide bonds. The standard InChI is InChI=1S/C36H68O4/c1-7-8-9-10-11-12-13-14-15-16-17-18-19-20-21-24-31(27-26-30(2)29-35(3,4)5)40-34(39)36(6)28-23-22-25-32(36)33(37)38/h30-32H,7-29H2,1-6H3,(H,37,38). The number of aliphatic carboxylic acids is 1. The third-order valence-corrected chi connectivity index (χ3v) is 9.32. The SMILES string of the molecule is CCCCCCCCCCCCCCCCCC(CCC(C)CC(C)(C)C)OC(=O)C1(C)CCCCC1C(=O)O. The highest BCUT2D eigenvalue weighted by molar-refractivity contribution is 5.84. The largest absolute Gasteiger partial charge is 0.481 e. The molecule has 1 rings (SSSR count). The first kappa shape index (κ1) is 37.0. The minimum atomic E-state index is -0.894. The van der Waals surface area contributed by atoms with Crippen molar-refractivity contribution in [3.05, 3.63) is 0 Å². The van der Waals surface area contributed by atoms with Crippen molar-refractivity contribution in [2.45, 2.75) is 195 Å². The van der Waals surface area contributed by atoms with E-state index in [1.165, 1.54) is 89.9 Å². The Morgan fingerprint density at radius 1 is 0.800 bits per heavy atom. The van der Waals surface area contributed by atoms with Gasteiger partial charge in [-0.15, -0.1) is 0 Å². The Hall–Kier alpha value is -1.06. The molecule has 0 aromatic carbocycles. The van der Waals surface area contributed by atoms with Crippen molar-refractivity contribution in [3.8, 4) is 0 Å². The van der Waals surface area contributed by atoms with E-state index in [2.05, 4.69) is 34.6 Å². The number of hydrogen-bond donors (Lipinski definition) is 1. The summed E-state index contributed by atoms with van der Waals surface area (Å²) in [5, 5.41) is 9.79. The quantitative estimate of drug-likeness (QED) is 0.0990. The van der Waals surface area contributed by atoms with Crippen LogP contribution in [0, 0.1) is 22.7 Å². The van der Waals surface area contributed by atoms with Crippen LogP contribution in [0.4, 0.5) is 0 Å². The molecule has 0 bridgehead atoms. The average molecular weight is 565 g/mol. The van der Waals surface area contributed by atoms with Gasteiger partial charge in [0.05, 0.1) is 11.3 Å². The zero-order chi connectivity index (χ0) is 29.9. The Morgan fingerprint density at radius 3 is 1.77 bits per heavy atom. The van der Waals surface area contributed by atoms with Gasteiger partial charge in [-0.25, -0.2) is 0 Å². The van der Waals surface area contributed by atoms with Gasteiger partial charge in [-0.1, -0.05) is 137 Å². The van der Waals surface area contributed by atoms with Gasteiger partial charge in [-0.3, -0.25) is 9.59 Å². The zero-order valence-corrected chi connectivity index (χ0v) is 27.7. The van der Waals surface area contributed by atoms with Crippen molar-refractivity contribution in [2.75, 3.05) is 0 Å². The highest BCUT2D eigenvalue weighted by Crippen LogP contribution is 2.43. The molecule has 1 aliphatic rings. The first-order valence-corrected chi connectivity index (χ1v) is 17.4. The minimum Gasteiger partial charge on any atom is -0.481 e. The molecule has 0 radical (unpaired) electrons. The van der Waals surface area contributed by atoms with E-state index in [9.17, 15) is 14.7 Å². The highest BCUT2D eigenvalue weighted by atomic mass is 16.5. The van der Waals surface area contributed by atoms with Crippen molar-refractivity contribution < 1.29 is 19.4 Å². The van der Waals surface area contributed by atoms with E-state index < -0.39 is 17.3 Å². The Labute approximate surface area is 249 Å². The van der Waals surface area contributed by atoms with Crippen molar-refractivity contribution >= 4 is 11.9 Å². The van der Waals surface area contributed by atoms with E-state index in [1.54, 1.807) is 0 Å². The molecule has 236 valence electrons. The summed E-state index contributed by atoms with van der Waals surface area (Å²) in [7, 11) is 0. The van der Waals surface area contributed by atoms with E-state index in [0.29, 0.717) is 24.2 Å². The lowest BCUT2D eigenvalue weighted by molar-refractivity contribution is -0.174. The normalized spacial score (nSPS) is 21.2. The van der Waals surface area contributed by atoms with Crippen LogP contribution in [0.25, 0.3) is 0 Å². The molecule has 1 N–H and O–H groups in total. The third-order valence-electron chi connectivity index (χ3n) is 9.32. The molecule has 0 heterocycles. The van der Waals surface area contributed by atoms with Gasteiger partial charge in [0.1, 0.15) is 6.10 Å². The van der Waals surface area contributed by atoms with Crippen molar-refractivity contribution in [1.29, 1.82) is 0 Å². The maximum Gasteiger partial charge on any atom is 0.312 e. The Bertz CT molecular complexity index is 666. The van der Waals surface area contributed by atoms with E-state index in [-0.39, 0.29) is 12.1 Å². The number of rotatable bonds is 23. The lowest BCUT2D eigenvalue weighted by atomic mass is 9.67. The number of ether oxygens (including phenoxy) is 1. The fourth-order valence-corrected chi connectivity index (χ4v) is 6.88. The van der Waals surface area contributed by atoms with Crippen LogP contribution < -0.4 is 0 Å². The maximum atomic E-state index is 13.4. The second-order valence-corrected chi connectivity index (χ2v) is 14.8.